The van der Waals surface area contributed by atoms with E-state index in [1.807, 2.05) is 42.5 Å². The molecule has 0 saturated carbocycles. The number of benzene rings is 1. The van der Waals surface area contributed by atoms with Gasteiger partial charge in [-0.15, -0.1) is 0 Å². The van der Waals surface area contributed by atoms with Crippen molar-refractivity contribution < 1.29 is 22.7 Å². The van der Waals surface area contributed by atoms with E-state index in [1.54, 1.807) is 19.5 Å². The molecule has 5 rings (SSSR count). The number of amides is 1. The number of pyridine rings is 2. The molecule has 38 heavy (non-hydrogen) atoms. The first-order chi connectivity index (χ1) is 18.3. The van der Waals surface area contributed by atoms with Crippen LogP contribution in [0.15, 0.2) is 54.9 Å². The van der Waals surface area contributed by atoms with Crippen LogP contribution in [0.25, 0.3) is 22.2 Å². The van der Waals surface area contributed by atoms with E-state index in [0.717, 1.165) is 27.7 Å². The third-order valence-corrected chi connectivity index (χ3v) is 6.31. The lowest BCUT2D eigenvalue weighted by atomic mass is 10.1. The van der Waals surface area contributed by atoms with Gasteiger partial charge in [0.1, 0.15) is 12.2 Å². The Kier molecular flexibility index (Phi) is 7.14. The fraction of sp³-hybridized carbons (Fsp3) is 0.308. The van der Waals surface area contributed by atoms with Crippen LogP contribution in [0.4, 0.5) is 24.9 Å². The Morgan fingerprint density at radius 2 is 1.89 bits per heavy atom. The predicted molar refractivity (Wildman–Crippen MR) is 136 cm³/mol. The number of fused-ring (bicyclic) bond motifs is 1. The van der Waals surface area contributed by atoms with E-state index in [9.17, 15) is 18.0 Å². The number of halogens is 3. The van der Waals surface area contributed by atoms with Crippen molar-refractivity contribution in [3.63, 3.8) is 0 Å². The maximum absolute atomic E-state index is 12.5. The van der Waals surface area contributed by atoms with Crippen molar-refractivity contribution in [1.82, 2.24) is 29.7 Å². The zero-order valence-electron chi connectivity index (χ0n) is 20.6. The molecule has 4 aromatic rings. The minimum atomic E-state index is -4.48. The van der Waals surface area contributed by atoms with Gasteiger partial charge in [0, 0.05) is 50.7 Å². The van der Waals surface area contributed by atoms with Crippen LogP contribution in [-0.2, 0) is 11.3 Å². The number of methoxy groups -OCH3 is 1. The van der Waals surface area contributed by atoms with Gasteiger partial charge >= 0.3 is 6.18 Å². The number of aromatic amines is 1. The molecule has 0 unspecified atom stereocenters. The van der Waals surface area contributed by atoms with E-state index >= 15 is 0 Å². The molecule has 0 spiro atoms. The zero-order valence-corrected chi connectivity index (χ0v) is 20.6. The summed E-state index contributed by atoms with van der Waals surface area (Å²) in [5.74, 6) is 0.816. The van der Waals surface area contributed by atoms with Gasteiger partial charge in [-0.25, -0.2) is 15.0 Å². The summed E-state index contributed by atoms with van der Waals surface area (Å²) >= 11 is 0. The Balaban J connectivity index is 1.22. The number of carbonyl (C=O) groups excluding carboxylic acids is 1. The average Bonchev–Trinajstić information content (AvgIpc) is 3.29. The number of nitrogens with one attached hydrogen (secondary N) is 2. The molecular formula is C26H26F3N7O2. The number of hydrogen-bond acceptors (Lipinski definition) is 7. The number of carbonyl (C=O) groups is 1. The van der Waals surface area contributed by atoms with E-state index in [0.29, 0.717) is 37.3 Å². The molecule has 1 aliphatic rings. The molecule has 1 amide bonds. The number of hydrogen-bond donors (Lipinski definition) is 2. The average molecular weight is 526 g/mol. The van der Waals surface area contributed by atoms with Crippen molar-refractivity contribution >= 4 is 28.7 Å². The Hall–Kier alpha value is -4.19. The summed E-state index contributed by atoms with van der Waals surface area (Å²) in [4.78, 5) is 31.7. The number of anilines is 2. The summed E-state index contributed by atoms with van der Waals surface area (Å²) in [5.41, 5.74) is 4.43. The highest BCUT2D eigenvalue weighted by atomic mass is 19.4. The normalized spacial score (nSPS) is 14.6. The lowest BCUT2D eigenvalue weighted by molar-refractivity contribution is -0.162. The molecule has 0 atom stereocenters. The fourth-order valence-electron chi connectivity index (χ4n) is 4.47. The smallest absolute Gasteiger partial charge is 0.397 e. The number of nitrogens with zero attached hydrogens (tertiary/aromatic N) is 5. The predicted octanol–water partition coefficient (Wildman–Crippen LogP) is 4.37. The molecule has 0 bridgehead atoms. The largest absolute Gasteiger partial charge is 0.481 e. The number of rotatable bonds is 7. The standard InChI is InChI=1S/C26H26F3N7O2/c1-38-24-19(3-2-7-31-24)18-4-5-20-21(14-18)33-25(32-20)34-22-13-17(6-8-30-22)16-35-9-11-36(12-10-35)23(37)15-26(27,28)29/h2-8,13-14H,9-12,15-16H2,1H3,(H2,30,32,33,34). The van der Waals surface area contributed by atoms with Gasteiger partial charge in [-0.1, -0.05) is 6.07 Å². The van der Waals surface area contributed by atoms with Crippen LogP contribution < -0.4 is 10.1 Å². The SMILES string of the molecule is COc1ncccc1-c1ccc2nc(Nc3cc(CN4CCN(C(=O)CC(F)(F)F)CC4)ccn3)[nH]c2c1. The van der Waals surface area contributed by atoms with Gasteiger partial charge in [-0.05, 0) is 47.5 Å². The molecule has 0 aliphatic carbocycles. The Labute approximate surface area is 216 Å². The van der Waals surface area contributed by atoms with Crippen LogP contribution in [0.5, 0.6) is 5.88 Å². The van der Waals surface area contributed by atoms with Gasteiger partial charge in [-0.3, -0.25) is 9.69 Å². The first kappa shape index (κ1) is 25.5. The summed E-state index contributed by atoms with van der Waals surface area (Å²) < 4.78 is 42.9. The van der Waals surface area contributed by atoms with E-state index in [4.69, 9.17) is 4.74 Å². The van der Waals surface area contributed by atoms with Crippen LogP contribution in [-0.4, -0.2) is 75.1 Å². The molecular weight excluding hydrogens is 499 g/mol. The van der Waals surface area contributed by atoms with Gasteiger partial charge < -0.3 is 19.9 Å². The van der Waals surface area contributed by atoms with Crippen molar-refractivity contribution in [1.29, 1.82) is 0 Å². The number of ether oxygens (including phenoxy) is 1. The number of imidazole rings is 1. The second-order valence-corrected chi connectivity index (χ2v) is 9.00. The molecule has 12 heteroatoms. The zero-order chi connectivity index (χ0) is 26.7. The molecule has 2 N–H and O–H groups in total. The van der Waals surface area contributed by atoms with E-state index in [2.05, 4.69) is 30.2 Å². The molecule has 9 nitrogen and oxygen atoms in total. The molecule has 1 saturated heterocycles. The van der Waals surface area contributed by atoms with Crippen LogP contribution >= 0.6 is 0 Å². The maximum Gasteiger partial charge on any atom is 0.397 e. The molecule has 4 heterocycles. The number of H-pyrrole nitrogens is 1. The third-order valence-electron chi connectivity index (χ3n) is 6.31. The highest BCUT2D eigenvalue weighted by molar-refractivity contribution is 5.85. The topological polar surface area (TPSA) is 99.3 Å². The third kappa shape index (κ3) is 6.02. The number of aromatic nitrogens is 4. The summed E-state index contributed by atoms with van der Waals surface area (Å²) in [7, 11) is 1.59. The van der Waals surface area contributed by atoms with Gasteiger partial charge in [0.05, 0.1) is 18.1 Å². The van der Waals surface area contributed by atoms with Crippen LogP contribution in [0.1, 0.15) is 12.0 Å². The van der Waals surface area contributed by atoms with E-state index in [-0.39, 0.29) is 13.1 Å². The molecule has 1 aliphatic heterocycles. The number of piperazine rings is 1. The molecule has 3 aromatic heterocycles. The molecule has 1 aromatic carbocycles. The Morgan fingerprint density at radius 3 is 2.66 bits per heavy atom. The van der Waals surface area contributed by atoms with Crippen LogP contribution in [0, 0.1) is 0 Å². The highest BCUT2D eigenvalue weighted by Crippen LogP contribution is 2.30. The van der Waals surface area contributed by atoms with E-state index < -0.39 is 18.5 Å². The molecule has 0 radical (unpaired) electrons. The Morgan fingerprint density at radius 1 is 1.08 bits per heavy atom. The van der Waals surface area contributed by atoms with Crippen molar-refractivity contribution in [2.75, 3.05) is 38.6 Å². The lowest BCUT2D eigenvalue weighted by Gasteiger charge is -2.35. The van der Waals surface area contributed by atoms with Gasteiger partial charge in [0.2, 0.25) is 17.7 Å². The van der Waals surface area contributed by atoms with Crippen molar-refractivity contribution in [3.8, 4) is 17.0 Å². The van der Waals surface area contributed by atoms with Crippen molar-refractivity contribution in [2.24, 2.45) is 0 Å². The minimum Gasteiger partial charge on any atom is -0.481 e. The fourth-order valence-corrected chi connectivity index (χ4v) is 4.47. The second-order valence-electron chi connectivity index (χ2n) is 9.00. The van der Waals surface area contributed by atoms with Crippen LogP contribution in [0.2, 0.25) is 0 Å². The van der Waals surface area contributed by atoms with Gasteiger partial charge in [-0.2, -0.15) is 13.2 Å². The van der Waals surface area contributed by atoms with E-state index in [1.165, 1.54) is 4.90 Å². The summed E-state index contributed by atoms with van der Waals surface area (Å²) in [5, 5.41) is 3.20. The van der Waals surface area contributed by atoms with Gasteiger partial charge in [0.15, 0.2) is 0 Å². The van der Waals surface area contributed by atoms with Gasteiger partial charge in [0.25, 0.3) is 0 Å². The second kappa shape index (κ2) is 10.7. The summed E-state index contributed by atoms with van der Waals surface area (Å²) in [6.45, 7) is 2.15. The van der Waals surface area contributed by atoms with Crippen molar-refractivity contribution in [2.45, 2.75) is 19.1 Å². The molecule has 198 valence electrons. The monoisotopic (exact) mass is 525 g/mol. The quantitative estimate of drug-likeness (QED) is 0.370. The number of alkyl halides is 3. The first-order valence-corrected chi connectivity index (χ1v) is 12.1. The maximum atomic E-state index is 12.5. The molecule has 1 fully saturated rings. The minimum absolute atomic E-state index is 0.275. The summed E-state index contributed by atoms with van der Waals surface area (Å²) in [6.07, 6.45) is -2.52. The highest BCUT2D eigenvalue weighted by Gasteiger charge is 2.34. The first-order valence-electron chi connectivity index (χ1n) is 12.1. The summed E-state index contributed by atoms with van der Waals surface area (Å²) in [6, 6.07) is 13.4. The lowest BCUT2D eigenvalue weighted by Crippen LogP contribution is -2.49. The Bertz CT molecular complexity index is 1430. The van der Waals surface area contributed by atoms with Crippen molar-refractivity contribution in [3.05, 3.63) is 60.4 Å². The van der Waals surface area contributed by atoms with Crippen LogP contribution in [0.3, 0.4) is 0 Å².